The summed E-state index contributed by atoms with van der Waals surface area (Å²) in [5.41, 5.74) is 12.2. The SMILES string of the molecule is C[C@@H](OC(=O)Nc1ccc(-c2c(N)c3cc(OC4COCOC4)ccc3n2C2CCC2)cc1)c1ccccc1. The van der Waals surface area contributed by atoms with Gasteiger partial charge in [-0.3, -0.25) is 5.32 Å². The van der Waals surface area contributed by atoms with Gasteiger partial charge in [-0.05, 0) is 62.1 Å². The van der Waals surface area contributed by atoms with E-state index in [9.17, 15) is 4.79 Å². The van der Waals surface area contributed by atoms with Gasteiger partial charge in [0.1, 0.15) is 24.8 Å². The Labute approximate surface area is 227 Å². The van der Waals surface area contributed by atoms with E-state index < -0.39 is 6.09 Å². The molecule has 0 spiro atoms. The molecule has 1 saturated carbocycles. The third-order valence-corrected chi connectivity index (χ3v) is 7.49. The van der Waals surface area contributed by atoms with E-state index in [1.165, 1.54) is 6.42 Å². The molecule has 1 amide bonds. The van der Waals surface area contributed by atoms with Crippen molar-refractivity contribution in [3.05, 3.63) is 78.4 Å². The molecule has 6 rings (SSSR count). The molecule has 0 unspecified atom stereocenters. The summed E-state index contributed by atoms with van der Waals surface area (Å²) in [7, 11) is 0. The van der Waals surface area contributed by atoms with Crippen LogP contribution >= 0.6 is 0 Å². The lowest BCUT2D eigenvalue weighted by Crippen LogP contribution is -2.33. The molecule has 1 saturated heterocycles. The van der Waals surface area contributed by atoms with Crippen LogP contribution in [-0.4, -0.2) is 36.8 Å². The van der Waals surface area contributed by atoms with Crippen molar-refractivity contribution in [3.8, 4) is 17.0 Å². The number of ether oxygens (including phenoxy) is 4. The second-order valence-electron chi connectivity index (χ2n) is 10.2. The Bertz CT molecular complexity index is 1440. The minimum absolute atomic E-state index is 0.145. The third kappa shape index (κ3) is 5.30. The third-order valence-electron chi connectivity index (χ3n) is 7.49. The minimum Gasteiger partial charge on any atom is -0.486 e. The number of carbonyl (C=O) groups excluding carboxylic acids is 1. The number of nitrogens with zero attached hydrogens (tertiary/aromatic N) is 1. The average Bonchev–Trinajstić information content (AvgIpc) is 3.20. The Balaban J connectivity index is 1.23. The summed E-state index contributed by atoms with van der Waals surface area (Å²) in [5, 5.41) is 3.80. The first-order chi connectivity index (χ1) is 19.1. The van der Waals surface area contributed by atoms with Gasteiger partial charge in [-0.1, -0.05) is 42.5 Å². The summed E-state index contributed by atoms with van der Waals surface area (Å²) >= 11 is 0. The first-order valence-corrected chi connectivity index (χ1v) is 13.5. The van der Waals surface area contributed by atoms with Gasteiger partial charge in [0.05, 0.1) is 30.1 Å². The number of rotatable bonds is 7. The summed E-state index contributed by atoms with van der Waals surface area (Å²) in [6.07, 6.45) is 2.46. The molecule has 1 aromatic heterocycles. The highest BCUT2D eigenvalue weighted by Gasteiger charge is 2.27. The largest absolute Gasteiger partial charge is 0.486 e. The number of carbonyl (C=O) groups is 1. The maximum absolute atomic E-state index is 12.5. The molecule has 2 aliphatic rings. The van der Waals surface area contributed by atoms with Gasteiger partial charge in [-0.15, -0.1) is 0 Å². The van der Waals surface area contributed by atoms with Gasteiger partial charge in [-0.2, -0.15) is 0 Å². The van der Waals surface area contributed by atoms with Crippen LogP contribution in [0, 0.1) is 0 Å². The molecular weight excluding hydrogens is 494 g/mol. The van der Waals surface area contributed by atoms with Crippen LogP contribution in [-0.2, 0) is 14.2 Å². The Hall–Kier alpha value is -4.01. The average molecular weight is 528 g/mol. The lowest BCUT2D eigenvalue weighted by Gasteiger charge is -2.30. The molecule has 1 aliphatic heterocycles. The first kappa shape index (κ1) is 25.3. The monoisotopic (exact) mass is 527 g/mol. The Morgan fingerprint density at radius 3 is 2.46 bits per heavy atom. The maximum atomic E-state index is 12.5. The van der Waals surface area contributed by atoms with E-state index in [4.69, 9.17) is 24.7 Å². The molecule has 3 N–H and O–H groups in total. The zero-order valence-electron chi connectivity index (χ0n) is 22.0. The van der Waals surface area contributed by atoms with Crippen molar-refractivity contribution < 1.29 is 23.7 Å². The van der Waals surface area contributed by atoms with Gasteiger partial charge in [0, 0.05) is 22.7 Å². The second kappa shape index (κ2) is 11.0. The van der Waals surface area contributed by atoms with E-state index in [1.807, 2.05) is 73.7 Å². The normalized spacial score (nSPS) is 16.9. The van der Waals surface area contributed by atoms with E-state index in [0.717, 1.165) is 52.0 Å². The minimum atomic E-state index is -0.497. The van der Waals surface area contributed by atoms with Crippen molar-refractivity contribution in [2.45, 2.75) is 44.4 Å². The Morgan fingerprint density at radius 2 is 1.77 bits per heavy atom. The van der Waals surface area contributed by atoms with Crippen LogP contribution in [0.5, 0.6) is 5.75 Å². The predicted octanol–water partition coefficient (Wildman–Crippen LogP) is 6.68. The molecular formula is C31H33N3O5. The molecule has 2 fully saturated rings. The number of nitrogens with two attached hydrogens (primary N) is 1. The number of nitrogen functional groups attached to an aromatic ring is 1. The zero-order valence-corrected chi connectivity index (χ0v) is 22.0. The van der Waals surface area contributed by atoms with Gasteiger partial charge in [0.25, 0.3) is 0 Å². The lowest BCUT2D eigenvalue weighted by molar-refractivity contribution is -0.143. The highest BCUT2D eigenvalue weighted by molar-refractivity contribution is 6.02. The number of hydrogen-bond donors (Lipinski definition) is 2. The molecule has 8 nitrogen and oxygen atoms in total. The molecule has 0 bridgehead atoms. The van der Waals surface area contributed by atoms with Gasteiger partial charge in [-0.25, -0.2) is 4.79 Å². The number of benzene rings is 3. The summed E-state index contributed by atoms with van der Waals surface area (Å²) in [4.78, 5) is 12.5. The van der Waals surface area contributed by atoms with E-state index >= 15 is 0 Å². The fourth-order valence-electron chi connectivity index (χ4n) is 5.25. The van der Waals surface area contributed by atoms with Crippen LogP contribution in [0.1, 0.15) is 43.9 Å². The van der Waals surface area contributed by atoms with Crippen LogP contribution in [0.25, 0.3) is 22.2 Å². The second-order valence-corrected chi connectivity index (χ2v) is 10.2. The van der Waals surface area contributed by atoms with Gasteiger partial charge >= 0.3 is 6.09 Å². The molecule has 3 aromatic carbocycles. The summed E-state index contributed by atoms with van der Waals surface area (Å²) in [6, 6.07) is 23.9. The van der Waals surface area contributed by atoms with Crippen LogP contribution in [0.3, 0.4) is 0 Å². The predicted molar refractivity (Wildman–Crippen MR) is 151 cm³/mol. The quantitative estimate of drug-likeness (QED) is 0.278. The van der Waals surface area contributed by atoms with Gasteiger partial charge in [0.2, 0.25) is 0 Å². The molecule has 0 radical (unpaired) electrons. The fourth-order valence-corrected chi connectivity index (χ4v) is 5.25. The van der Waals surface area contributed by atoms with Crippen LogP contribution < -0.4 is 15.8 Å². The summed E-state index contributed by atoms with van der Waals surface area (Å²) in [5.74, 6) is 0.744. The van der Waals surface area contributed by atoms with Crippen LogP contribution in [0.4, 0.5) is 16.2 Å². The summed E-state index contributed by atoms with van der Waals surface area (Å²) < 4.78 is 24.8. The molecule has 2 heterocycles. The van der Waals surface area contributed by atoms with E-state index in [2.05, 4.69) is 16.0 Å². The molecule has 202 valence electrons. The molecule has 4 aromatic rings. The van der Waals surface area contributed by atoms with Crippen molar-refractivity contribution in [3.63, 3.8) is 0 Å². The maximum Gasteiger partial charge on any atom is 0.412 e. The highest BCUT2D eigenvalue weighted by Crippen LogP contribution is 2.45. The van der Waals surface area contributed by atoms with Crippen LogP contribution in [0.15, 0.2) is 72.8 Å². The smallest absolute Gasteiger partial charge is 0.412 e. The van der Waals surface area contributed by atoms with E-state index in [-0.39, 0.29) is 12.2 Å². The van der Waals surface area contributed by atoms with Crippen molar-refractivity contribution in [2.24, 2.45) is 0 Å². The van der Waals surface area contributed by atoms with Crippen molar-refractivity contribution >= 4 is 28.4 Å². The Kier molecular flexibility index (Phi) is 7.13. The zero-order chi connectivity index (χ0) is 26.8. The van der Waals surface area contributed by atoms with Crippen molar-refractivity contribution in [1.82, 2.24) is 4.57 Å². The lowest BCUT2D eigenvalue weighted by atomic mass is 9.92. The van der Waals surface area contributed by atoms with Crippen molar-refractivity contribution in [2.75, 3.05) is 31.1 Å². The Morgan fingerprint density at radius 1 is 1.03 bits per heavy atom. The number of amides is 1. The fraction of sp³-hybridized carbons (Fsp3) is 0.323. The van der Waals surface area contributed by atoms with E-state index in [0.29, 0.717) is 31.7 Å². The number of hydrogen-bond acceptors (Lipinski definition) is 6. The molecule has 1 atom stereocenters. The van der Waals surface area contributed by atoms with Gasteiger partial charge in [0.15, 0.2) is 0 Å². The summed E-state index contributed by atoms with van der Waals surface area (Å²) in [6.45, 7) is 3.16. The molecule has 1 aliphatic carbocycles. The van der Waals surface area contributed by atoms with Crippen LogP contribution in [0.2, 0.25) is 0 Å². The van der Waals surface area contributed by atoms with Crippen molar-refractivity contribution in [1.29, 1.82) is 0 Å². The molecule has 8 heteroatoms. The number of fused-ring (bicyclic) bond motifs is 1. The van der Waals surface area contributed by atoms with E-state index in [1.54, 1.807) is 0 Å². The van der Waals surface area contributed by atoms with Gasteiger partial charge < -0.3 is 29.2 Å². The molecule has 39 heavy (non-hydrogen) atoms. The number of nitrogens with one attached hydrogen (secondary N) is 1. The number of aromatic nitrogens is 1. The number of anilines is 2. The standard InChI is InChI=1S/C31H33N3O5/c1-20(21-6-3-2-4-7-21)38-31(35)33-23-12-10-22(11-13-23)30-29(32)27-16-25(39-26-17-36-19-37-18-26)14-15-28(27)34(30)24-8-5-9-24/h2-4,6-7,10-16,20,24,26H,5,8-9,17-19,32H2,1H3,(H,33,35)/t20-/m1/s1. The first-order valence-electron chi connectivity index (χ1n) is 13.5. The highest BCUT2D eigenvalue weighted by atomic mass is 16.7. The topological polar surface area (TPSA) is 97.0 Å².